The fourth-order valence-corrected chi connectivity index (χ4v) is 1.51. The number of hydrogen-bond donors (Lipinski definition) is 1. The Labute approximate surface area is 132 Å². The molecule has 1 aliphatic rings. The minimum Gasteiger partial charge on any atom is -0.356 e. The van der Waals surface area contributed by atoms with E-state index in [2.05, 4.69) is 4.74 Å². The fraction of sp³-hybridized carbons (Fsp3) is 0.300. The molecule has 1 rings (SSSR count). The summed E-state index contributed by atoms with van der Waals surface area (Å²) >= 11 is 0. The van der Waals surface area contributed by atoms with Gasteiger partial charge in [0, 0.05) is 0 Å². The molecule has 1 saturated heterocycles. The molecule has 0 aliphatic carbocycles. The molecular weight excluding hydrogens is 381 g/mol. The molecule has 0 aromatic rings. The van der Waals surface area contributed by atoms with Crippen molar-refractivity contribution in [3.63, 3.8) is 0 Å². The summed E-state index contributed by atoms with van der Waals surface area (Å²) in [5, 5.41) is 9.56. The number of hydrogen-bond acceptors (Lipinski definition) is 4. The first kappa shape index (κ1) is 20.6. The largest absolute Gasteiger partial charge is 0.356 e. The molecule has 6 nitrogen and oxygen atoms in total. The third-order valence-corrected chi connectivity index (χ3v) is 2.57. The van der Waals surface area contributed by atoms with Crippen LogP contribution in [0.15, 0.2) is 36.1 Å². The van der Waals surface area contributed by atoms with Gasteiger partial charge in [0.05, 0.1) is 0 Å². The van der Waals surface area contributed by atoms with E-state index in [1.807, 2.05) is 0 Å². The summed E-state index contributed by atoms with van der Waals surface area (Å²) in [6, 6.07) is -2.42. The van der Waals surface area contributed by atoms with Crippen LogP contribution in [0.25, 0.3) is 0 Å². The van der Waals surface area contributed by atoms with E-state index in [4.69, 9.17) is 0 Å². The van der Waals surface area contributed by atoms with Crippen molar-refractivity contribution in [3.05, 3.63) is 36.1 Å². The van der Waals surface area contributed by atoms with Crippen LogP contribution in [0.5, 0.6) is 0 Å². The molecule has 0 spiro atoms. The molecule has 25 heavy (non-hydrogen) atoms. The van der Waals surface area contributed by atoms with Gasteiger partial charge in [0.25, 0.3) is 17.9 Å². The monoisotopic (exact) mass is 387 g/mol. The van der Waals surface area contributed by atoms with E-state index >= 15 is 0 Å². The number of nitrogens with zero attached hydrogens (tertiary/aromatic N) is 3. The minimum absolute atomic E-state index is 0.597. The Morgan fingerprint density at radius 2 is 1.32 bits per heavy atom. The van der Waals surface area contributed by atoms with E-state index in [1.165, 1.54) is 0 Å². The lowest BCUT2D eigenvalue weighted by Gasteiger charge is -2.38. The Hall–Kier alpha value is -2.42. The predicted octanol–water partition coefficient (Wildman–Crippen LogP) is 3.34. The van der Waals surface area contributed by atoms with Gasteiger partial charge in [-0.1, -0.05) is 0 Å². The molecule has 1 unspecified atom stereocenters. The molecule has 0 saturated carbocycles. The normalized spacial score (nSPS) is 18.6. The molecule has 0 radical (unpaired) electrons. The maximum Gasteiger partial charge on any atom is 0.338 e. The number of rotatable bonds is 3. The zero-order valence-corrected chi connectivity index (χ0v) is 11.5. The van der Waals surface area contributed by atoms with Crippen molar-refractivity contribution >= 4 is 6.03 Å². The second-order valence-corrected chi connectivity index (χ2v) is 4.01. The number of carbonyl (C=O) groups is 1. The Bertz CT molecular complexity index is 626. The highest BCUT2D eigenvalue weighted by molar-refractivity contribution is 5.77. The highest BCUT2D eigenvalue weighted by Gasteiger charge is 2.41. The van der Waals surface area contributed by atoms with Crippen LogP contribution in [0.4, 0.5) is 44.3 Å². The van der Waals surface area contributed by atoms with Gasteiger partial charge in [0.1, 0.15) is 13.5 Å². The zero-order chi connectivity index (χ0) is 19.5. The van der Waals surface area contributed by atoms with Gasteiger partial charge in [-0.2, -0.15) is 39.5 Å². The molecule has 1 heterocycles. The Kier molecular flexibility index (Phi) is 6.69. The Morgan fingerprint density at radius 1 is 0.840 bits per heavy atom. The van der Waals surface area contributed by atoms with Gasteiger partial charge in [-0.3, -0.25) is 4.90 Å². The lowest BCUT2D eigenvalue weighted by Crippen LogP contribution is -2.56. The highest BCUT2D eigenvalue weighted by Crippen LogP contribution is 2.28. The van der Waals surface area contributed by atoms with Crippen molar-refractivity contribution in [1.82, 2.24) is 14.7 Å². The maximum atomic E-state index is 13.4. The molecule has 15 heteroatoms. The number of urea groups is 1. The van der Waals surface area contributed by atoms with Crippen LogP contribution in [0.1, 0.15) is 0 Å². The topological polar surface area (TPSA) is 56.3 Å². The summed E-state index contributed by atoms with van der Waals surface area (Å²) in [6.45, 7) is -3.02. The molecule has 1 N–H and O–H groups in total. The van der Waals surface area contributed by atoms with Gasteiger partial charge in [0.2, 0.25) is 6.35 Å². The summed E-state index contributed by atoms with van der Waals surface area (Å²) in [6.07, 6.45) is -12.8. The van der Waals surface area contributed by atoms with Crippen LogP contribution in [-0.4, -0.2) is 45.7 Å². The fourth-order valence-electron chi connectivity index (χ4n) is 1.51. The van der Waals surface area contributed by atoms with Crippen molar-refractivity contribution in [2.24, 2.45) is 0 Å². The average Bonchev–Trinajstić information content (AvgIpc) is 2.52. The van der Waals surface area contributed by atoms with Gasteiger partial charge < -0.3 is 9.84 Å². The summed E-state index contributed by atoms with van der Waals surface area (Å²) in [4.78, 5) is 9.33. The van der Waals surface area contributed by atoms with E-state index in [0.717, 1.165) is 0 Å². The molecule has 1 fully saturated rings. The van der Waals surface area contributed by atoms with Crippen LogP contribution in [0.2, 0.25) is 0 Å². The van der Waals surface area contributed by atoms with Crippen molar-refractivity contribution in [3.8, 4) is 0 Å². The number of halogens is 9. The van der Waals surface area contributed by atoms with Gasteiger partial charge >= 0.3 is 24.3 Å². The Balaban J connectivity index is 3.46. The zero-order valence-electron chi connectivity index (χ0n) is 11.5. The summed E-state index contributed by atoms with van der Waals surface area (Å²) < 4.78 is 118. The first-order chi connectivity index (χ1) is 11.5. The summed E-state index contributed by atoms with van der Waals surface area (Å²) in [7, 11) is 0. The van der Waals surface area contributed by atoms with Gasteiger partial charge in [-0.05, 0) is 0 Å². The SMILES string of the molecule is O=C1N(C(F)=C(F)F)COCN(C(F)=C(F)F)C(O)N1C(F)=C(F)F. The van der Waals surface area contributed by atoms with Crippen molar-refractivity contribution < 1.29 is 54.2 Å². The van der Waals surface area contributed by atoms with Gasteiger partial charge in [0.15, 0.2) is 0 Å². The van der Waals surface area contributed by atoms with Crippen LogP contribution >= 0.6 is 0 Å². The molecule has 0 aromatic heterocycles. The number of carbonyl (C=O) groups excluding carboxylic acids is 1. The number of aliphatic hydroxyl groups excluding tert-OH is 1. The third-order valence-electron chi connectivity index (χ3n) is 2.57. The smallest absolute Gasteiger partial charge is 0.338 e. The molecular formula is C10H6F9N3O3. The second kappa shape index (κ2) is 8.11. The first-order valence-electron chi connectivity index (χ1n) is 5.76. The molecule has 142 valence electrons. The average molecular weight is 387 g/mol. The number of ether oxygens (including phenoxy) is 1. The third kappa shape index (κ3) is 4.36. The van der Waals surface area contributed by atoms with Crippen molar-refractivity contribution in [1.29, 1.82) is 0 Å². The molecule has 0 bridgehead atoms. The predicted molar refractivity (Wildman–Crippen MR) is 58.8 cm³/mol. The number of aliphatic hydroxyl groups is 1. The first-order valence-corrected chi connectivity index (χ1v) is 5.76. The molecule has 0 aromatic carbocycles. The van der Waals surface area contributed by atoms with Crippen LogP contribution < -0.4 is 0 Å². The maximum absolute atomic E-state index is 13.4. The van der Waals surface area contributed by atoms with Crippen molar-refractivity contribution in [2.75, 3.05) is 13.5 Å². The van der Waals surface area contributed by atoms with E-state index in [-0.39, 0.29) is 0 Å². The van der Waals surface area contributed by atoms with Crippen molar-refractivity contribution in [2.45, 2.75) is 6.35 Å². The quantitative estimate of drug-likeness (QED) is 0.596. The summed E-state index contributed by atoms with van der Waals surface area (Å²) in [5.74, 6) is -8.18. The molecule has 1 aliphatic heterocycles. The lowest BCUT2D eigenvalue weighted by atomic mass is 10.5. The van der Waals surface area contributed by atoms with Gasteiger partial charge in [-0.15, -0.1) is 0 Å². The van der Waals surface area contributed by atoms with Crippen LogP contribution in [0.3, 0.4) is 0 Å². The highest BCUT2D eigenvalue weighted by atomic mass is 19.3. The molecule has 2 amide bonds. The van der Waals surface area contributed by atoms with Gasteiger partial charge in [-0.25, -0.2) is 14.6 Å². The minimum atomic E-state index is -3.32. The number of amides is 2. The molecule has 1 atom stereocenters. The van der Waals surface area contributed by atoms with E-state index in [1.54, 1.807) is 0 Å². The van der Waals surface area contributed by atoms with Crippen LogP contribution in [-0.2, 0) is 4.74 Å². The Morgan fingerprint density at radius 3 is 1.76 bits per heavy atom. The lowest BCUT2D eigenvalue weighted by molar-refractivity contribution is -0.153. The standard InChI is InChI=1S/C10H6F9N3O3/c11-3(12)6(17)20-1-25-2-21(7(18)4(13)14)10(24)22(9(20)23)8(19)5(15)16/h9,23H,1-2H2. The van der Waals surface area contributed by atoms with E-state index in [0.29, 0.717) is 0 Å². The van der Waals surface area contributed by atoms with Crippen LogP contribution in [0, 0.1) is 0 Å². The van der Waals surface area contributed by atoms with E-state index in [9.17, 15) is 49.4 Å². The summed E-state index contributed by atoms with van der Waals surface area (Å²) in [5.41, 5.74) is 0. The van der Waals surface area contributed by atoms with E-state index < -0.39 is 76.6 Å². The second-order valence-electron chi connectivity index (χ2n) is 4.01.